The molecule has 0 aliphatic heterocycles. The van der Waals surface area contributed by atoms with Crippen LogP contribution in [0.5, 0.6) is 5.75 Å². The van der Waals surface area contributed by atoms with Gasteiger partial charge in [0.1, 0.15) is 5.75 Å². The van der Waals surface area contributed by atoms with Crippen molar-refractivity contribution in [3.05, 3.63) is 64.7 Å². The van der Waals surface area contributed by atoms with Crippen LogP contribution in [0, 0.1) is 13.8 Å². The number of nitrogens with one attached hydrogen (secondary N) is 1. The van der Waals surface area contributed by atoms with Crippen molar-refractivity contribution in [1.82, 2.24) is 5.32 Å². The number of rotatable bonds is 7. The van der Waals surface area contributed by atoms with Gasteiger partial charge >= 0.3 is 0 Å². The summed E-state index contributed by atoms with van der Waals surface area (Å²) >= 11 is 0. The highest BCUT2D eigenvalue weighted by atomic mass is 16.5. The van der Waals surface area contributed by atoms with Crippen LogP contribution in [0.2, 0.25) is 0 Å². The zero-order valence-electron chi connectivity index (χ0n) is 14.2. The smallest absolute Gasteiger partial charge is 0.220 e. The molecule has 0 aliphatic rings. The molecule has 0 saturated heterocycles. The van der Waals surface area contributed by atoms with E-state index in [1.807, 2.05) is 24.3 Å². The molecular formula is C20H25NO2. The van der Waals surface area contributed by atoms with Crippen molar-refractivity contribution in [2.75, 3.05) is 13.7 Å². The molecule has 2 rings (SSSR count). The van der Waals surface area contributed by atoms with Crippen molar-refractivity contribution in [2.24, 2.45) is 0 Å². The van der Waals surface area contributed by atoms with Crippen LogP contribution < -0.4 is 10.1 Å². The highest BCUT2D eigenvalue weighted by Crippen LogP contribution is 2.12. The second kappa shape index (κ2) is 8.37. The van der Waals surface area contributed by atoms with Crippen LogP contribution in [-0.2, 0) is 17.6 Å². The van der Waals surface area contributed by atoms with Crippen LogP contribution in [0.1, 0.15) is 28.7 Å². The van der Waals surface area contributed by atoms with Crippen molar-refractivity contribution in [3.63, 3.8) is 0 Å². The van der Waals surface area contributed by atoms with E-state index in [1.165, 1.54) is 22.3 Å². The molecule has 3 nitrogen and oxygen atoms in total. The van der Waals surface area contributed by atoms with E-state index < -0.39 is 0 Å². The second-order valence-corrected chi connectivity index (χ2v) is 5.87. The molecule has 0 aromatic heterocycles. The molecule has 2 aromatic rings. The van der Waals surface area contributed by atoms with Gasteiger partial charge in [-0.05, 0) is 61.1 Å². The number of aryl methyl sites for hydroxylation is 3. The maximum Gasteiger partial charge on any atom is 0.220 e. The fourth-order valence-corrected chi connectivity index (χ4v) is 2.44. The molecule has 1 N–H and O–H groups in total. The maximum atomic E-state index is 11.9. The lowest BCUT2D eigenvalue weighted by molar-refractivity contribution is -0.121. The first kappa shape index (κ1) is 17.1. The summed E-state index contributed by atoms with van der Waals surface area (Å²) in [7, 11) is 1.66. The zero-order valence-corrected chi connectivity index (χ0v) is 14.2. The predicted octanol–water partition coefficient (Wildman–Crippen LogP) is 3.60. The fourth-order valence-electron chi connectivity index (χ4n) is 2.44. The third-order valence-electron chi connectivity index (χ3n) is 4.11. The Bertz CT molecular complexity index is 647. The van der Waals surface area contributed by atoms with Crippen LogP contribution in [0.3, 0.4) is 0 Å². The van der Waals surface area contributed by atoms with E-state index in [9.17, 15) is 4.79 Å². The van der Waals surface area contributed by atoms with E-state index in [1.54, 1.807) is 7.11 Å². The number of ether oxygens (including phenoxy) is 1. The number of amides is 1. The first-order chi connectivity index (χ1) is 11.1. The lowest BCUT2D eigenvalue weighted by Gasteiger charge is -2.07. The minimum absolute atomic E-state index is 0.108. The lowest BCUT2D eigenvalue weighted by atomic mass is 10.0. The van der Waals surface area contributed by atoms with Gasteiger partial charge < -0.3 is 10.1 Å². The Balaban J connectivity index is 1.71. The summed E-state index contributed by atoms with van der Waals surface area (Å²) < 4.78 is 5.13. The van der Waals surface area contributed by atoms with Gasteiger partial charge in [0, 0.05) is 13.0 Å². The summed E-state index contributed by atoms with van der Waals surface area (Å²) in [5.74, 6) is 0.961. The molecule has 0 unspecified atom stereocenters. The fraction of sp³-hybridized carbons (Fsp3) is 0.350. The molecular weight excluding hydrogens is 286 g/mol. The number of hydrogen-bond acceptors (Lipinski definition) is 2. The average molecular weight is 311 g/mol. The van der Waals surface area contributed by atoms with E-state index in [0.717, 1.165) is 18.6 Å². The van der Waals surface area contributed by atoms with Gasteiger partial charge in [-0.2, -0.15) is 0 Å². The Morgan fingerprint density at radius 3 is 2.30 bits per heavy atom. The molecule has 0 atom stereocenters. The third-order valence-corrected chi connectivity index (χ3v) is 4.11. The van der Waals surface area contributed by atoms with Gasteiger partial charge in [-0.1, -0.05) is 30.3 Å². The summed E-state index contributed by atoms with van der Waals surface area (Å²) in [6.07, 6.45) is 2.15. The van der Waals surface area contributed by atoms with Gasteiger partial charge in [-0.15, -0.1) is 0 Å². The monoisotopic (exact) mass is 311 g/mol. The van der Waals surface area contributed by atoms with Gasteiger partial charge in [0.25, 0.3) is 0 Å². The SMILES string of the molecule is COc1ccc(CCNC(=O)CCc2ccc(C)c(C)c2)cc1. The Kier molecular flexibility index (Phi) is 6.21. The molecule has 0 bridgehead atoms. The molecule has 3 heteroatoms. The highest BCUT2D eigenvalue weighted by molar-refractivity contribution is 5.76. The minimum atomic E-state index is 0.108. The van der Waals surface area contributed by atoms with Crippen LogP contribution in [0.25, 0.3) is 0 Å². The topological polar surface area (TPSA) is 38.3 Å². The largest absolute Gasteiger partial charge is 0.497 e. The Morgan fingerprint density at radius 2 is 1.65 bits per heavy atom. The lowest BCUT2D eigenvalue weighted by Crippen LogP contribution is -2.25. The molecule has 0 saturated carbocycles. The van der Waals surface area contributed by atoms with Crippen molar-refractivity contribution < 1.29 is 9.53 Å². The number of carbonyl (C=O) groups excluding carboxylic acids is 1. The van der Waals surface area contributed by atoms with Crippen molar-refractivity contribution in [3.8, 4) is 5.75 Å². The maximum absolute atomic E-state index is 11.9. The molecule has 0 aliphatic carbocycles. The van der Waals surface area contributed by atoms with E-state index in [0.29, 0.717) is 13.0 Å². The predicted molar refractivity (Wildman–Crippen MR) is 93.9 cm³/mol. The number of carbonyl (C=O) groups is 1. The third kappa shape index (κ3) is 5.44. The summed E-state index contributed by atoms with van der Waals surface area (Å²) in [6.45, 7) is 4.87. The Labute approximate surface area is 138 Å². The Morgan fingerprint density at radius 1 is 0.957 bits per heavy atom. The average Bonchev–Trinajstić information content (AvgIpc) is 2.56. The second-order valence-electron chi connectivity index (χ2n) is 5.87. The van der Waals surface area contributed by atoms with Crippen molar-refractivity contribution in [1.29, 1.82) is 0 Å². The molecule has 2 aromatic carbocycles. The first-order valence-electron chi connectivity index (χ1n) is 8.04. The summed E-state index contributed by atoms with van der Waals surface area (Å²) in [4.78, 5) is 11.9. The normalized spacial score (nSPS) is 10.4. The number of methoxy groups -OCH3 is 1. The quantitative estimate of drug-likeness (QED) is 0.848. The molecule has 122 valence electrons. The van der Waals surface area contributed by atoms with Crippen LogP contribution in [0.4, 0.5) is 0 Å². The summed E-state index contributed by atoms with van der Waals surface area (Å²) in [6, 6.07) is 14.3. The zero-order chi connectivity index (χ0) is 16.7. The van der Waals surface area contributed by atoms with E-state index >= 15 is 0 Å². The number of benzene rings is 2. The van der Waals surface area contributed by atoms with E-state index in [2.05, 4.69) is 37.4 Å². The molecule has 23 heavy (non-hydrogen) atoms. The van der Waals surface area contributed by atoms with Gasteiger partial charge in [0.15, 0.2) is 0 Å². The highest BCUT2D eigenvalue weighted by Gasteiger charge is 2.03. The number of hydrogen-bond donors (Lipinski definition) is 1. The van der Waals surface area contributed by atoms with Crippen molar-refractivity contribution >= 4 is 5.91 Å². The summed E-state index contributed by atoms with van der Waals surface area (Å²) in [5.41, 5.74) is 4.98. The van der Waals surface area contributed by atoms with Crippen molar-refractivity contribution in [2.45, 2.75) is 33.1 Å². The molecule has 0 spiro atoms. The van der Waals surface area contributed by atoms with Crippen LogP contribution >= 0.6 is 0 Å². The van der Waals surface area contributed by atoms with Gasteiger partial charge in [0.05, 0.1) is 7.11 Å². The molecule has 0 fully saturated rings. The van der Waals surface area contributed by atoms with Gasteiger partial charge in [-0.25, -0.2) is 0 Å². The summed E-state index contributed by atoms with van der Waals surface area (Å²) in [5, 5.41) is 2.99. The standard InChI is InChI=1S/C20H25NO2/c1-15-4-5-18(14-16(15)2)8-11-20(22)21-13-12-17-6-9-19(23-3)10-7-17/h4-7,9-10,14H,8,11-13H2,1-3H3,(H,21,22). The van der Waals surface area contributed by atoms with Crippen LogP contribution in [-0.4, -0.2) is 19.6 Å². The Hall–Kier alpha value is -2.29. The first-order valence-corrected chi connectivity index (χ1v) is 8.04. The van der Waals surface area contributed by atoms with Crippen LogP contribution in [0.15, 0.2) is 42.5 Å². The van der Waals surface area contributed by atoms with E-state index in [-0.39, 0.29) is 5.91 Å². The molecule has 0 heterocycles. The van der Waals surface area contributed by atoms with Gasteiger partial charge in [0.2, 0.25) is 5.91 Å². The minimum Gasteiger partial charge on any atom is -0.497 e. The van der Waals surface area contributed by atoms with Gasteiger partial charge in [-0.3, -0.25) is 4.79 Å². The molecule has 1 amide bonds. The van der Waals surface area contributed by atoms with E-state index in [4.69, 9.17) is 4.74 Å². The molecule has 0 radical (unpaired) electrons.